The van der Waals surface area contributed by atoms with Crippen molar-refractivity contribution in [3.8, 4) is 0 Å². The maximum atomic E-state index is 11.2. The number of methoxy groups -OCH3 is 1. The van der Waals surface area contributed by atoms with Crippen LogP contribution in [0.2, 0.25) is 0 Å². The smallest absolute Gasteiger partial charge is 0.310 e. The molecule has 5 heteroatoms. The maximum absolute atomic E-state index is 11.2. The van der Waals surface area contributed by atoms with Crippen LogP contribution in [-0.4, -0.2) is 29.4 Å². The first-order valence-corrected chi connectivity index (χ1v) is 4.42. The zero-order valence-corrected chi connectivity index (χ0v) is 8.43. The largest absolute Gasteiger partial charge is 0.469 e. The van der Waals surface area contributed by atoms with Crippen molar-refractivity contribution in [1.29, 1.82) is 0 Å². The van der Waals surface area contributed by atoms with E-state index in [4.69, 9.17) is 5.73 Å². The van der Waals surface area contributed by atoms with Gasteiger partial charge in [-0.2, -0.15) is 5.10 Å². The number of esters is 1. The van der Waals surface area contributed by atoms with Gasteiger partial charge in [0, 0.05) is 19.8 Å². The minimum Gasteiger partial charge on any atom is -0.469 e. The zero-order valence-electron chi connectivity index (χ0n) is 8.43. The van der Waals surface area contributed by atoms with Gasteiger partial charge in [-0.15, -0.1) is 0 Å². The summed E-state index contributed by atoms with van der Waals surface area (Å²) in [6, 6.07) is 0. The Balaban J connectivity index is 2.61. The van der Waals surface area contributed by atoms with E-state index in [1.54, 1.807) is 10.9 Å². The molecule has 0 aliphatic rings. The quantitative estimate of drug-likeness (QED) is 0.673. The summed E-state index contributed by atoms with van der Waals surface area (Å²) >= 11 is 0. The van der Waals surface area contributed by atoms with Gasteiger partial charge in [0.05, 0.1) is 19.2 Å². The summed E-state index contributed by atoms with van der Waals surface area (Å²) in [7, 11) is 3.20. The van der Waals surface area contributed by atoms with Crippen molar-refractivity contribution in [3.05, 3.63) is 18.0 Å². The average Bonchev–Trinajstić information content (AvgIpc) is 2.59. The van der Waals surface area contributed by atoms with Crippen LogP contribution in [0.15, 0.2) is 12.4 Å². The molecule has 0 spiro atoms. The van der Waals surface area contributed by atoms with Gasteiger partial charge in [-0.1, -0.05) is 0 Å². The highest BCUT2D eigenvalue weighted by molar-refractivity contribution is 5.72. The van der Waals surface area contributed by atoms with E-state index < -0.39 is 0 Å². The molecule has 5 nitrogen and oxygen atoms in total. The number of carbonyl (C=O) groups is 1. The Kier molecular flexibility index (Phi) is 3.64. The molecule has 1 rings (SSSR count). The Bertz CT molecular complexity index is 309. The zero-order chi connectivity index (χ0) is 10.6. The SMILES string of the molecule is COC(=O)[C@H](CN)Cc1cnn(C)c1. The van der Waals surface area contributed by atoms with Gasteiger partial charge in [0.2, 0.25) is 0 Å². The third kappa shape index (κ3) is 2.56. The third-order valence-corrected chi connectivity index (χ3v) is 2.06. The predicted octanol–water partition coefficient (Wildman–Crippen LogP) is -0.290. The van der Waals surface area contributed by atoms with Crippen LogP contribution in [0.5, 0.6) is 0 Å². The number of carbonyl (C=O) groups excluding carboxylic acids is 1. The first-order valence-electron chi connectivity index (χ1n) is 4.42. The Labute approximate surface area is 82.8 Å². The molecule has 1 atom stereocenters. The lowest BCUT2D eigenvalue weighted by molar-refractivity contribution is -0.145. The van der Waals surface area contributed by atoms with Crippen molar-refractivity contribution in [2.24, 2.45) is 18.7 Å². The van der Waals surface area contributed by atoms with Crippen LogP contribution in [0.4, 0.5) is 0 Å². The summed E-state index contributed by atoms with van der Waals surface area (Å²) in [5.74, 6) is -0.541. The molecule has 1 aromatic rings. The molecule has 0 bridgehead atoms. The van der Waals surface area contributed by atoms with E-state index in [1.807, 2.05) is 13.2 Å². The van der Waals surface area contributed by atoms with Crippen LogP contribution in [-0.2, 0) is 23.0 Å². The molecule has 0 radical (unpaired) electrons. The highest BCUT2D eigenvalue weighted by Crippen LogP contribution is 2.08. The van der Waals surface area contributed by atoms with Gasteiger partial charge in [-0.25, -0.2) is 0 Å². The fourth-order valence-corrected chi connectivity index (χ4v) is 1.29. The summed E-state index contributed by atoms with van der Waals surface area (Å²) in [6.45, 7) is 0.293. The Morgan fingerprint density at radius 3 is 2.93 bits per heavy atom. The highest BCUT2D eigenvalue weighted by atomic mass is 16.5. The van der Waals surface area contributed by atoms with Gasteiger partial charge in [0.15, 0.2) is 0 Å². The van der Waals surface area contributed by atoms with Crippen LogP contribution in [0.25, 0.3) is 0 Å². The van der Waals surface area contributed by atoms with Crippen LogP contribution in [0.3, 0.4) is 0 Å². The van der Waals surface area contributed by atoms with E-state index in [9.17, 15) is 4.79 Å². The van der Waals surface area contributed by atoms with Crippen molar-refractivity contribution in [3.63, 3.8) is 0 Å². The van der Waals surface area contributed by atoms with E-state index in [2.05, 4.69) is 9.84 Å². The van der Waals surface area contributed by atoms with Crippen molar-refractivity contribution in [2.45, 2.75) is 6.42 Å². The van der Waals surface area contributed by atoms with E-state index in [-0.39, 0.29) is 11.9 Å². The molecule has 0 aliphatic carbocycles. The Morgan fingerprint density at radius 2 is 2.50 bits per heavy atom. The second-order valence-electron chi connectivity index (χ2n) is 3.18. The van der Waals surface area contributed by atoms with Gasteiger partial charge in [-0.05, 0) is 12.0 Å². The van der Waals surface area contributed by atoms with Crippen molar-refractivity contribution in [2.75, 3.05) is 13.7 Å². The van der Waals surface area contributed by atoms with Gasteiger partial charge in [-0.3, -0.25) is 9.48 Å². The van der Waals surface area contributed by atoms with Crippen LogP contribution >= 0.6 is 0 Å². The number of nitrogens with zero attached hydrogens (tertiary/aromatic N) is 2. The van der Waals surface area contributed by atoms with Crippen molar-refractivity contribution >= 4 is 5.97 Å². The molecule has 0 unspecified atom stereocenters. The fourth-order valence-electron chi connectivity index (χ4n) is 1.29. The molecule has 0 fully saturated rings. The van der Waals surface area contributed by atoms with E-state index in [0.29, 0.717) is 13.0 Å². The summed E-state index contributed by atoms with van der Waals surface area (Å²) in [4.78, 5) is 11.2. The van der Waals surface area contributed by atoms with Gasteiger partial charge >= 0.3 is 5.97 Å². The lowest BCUT2D eigenvalue weighted by atomic mass is 10.0. The van der Waals surface area contributed by atoms with Crippen molar-refractivity contribution < 1.29 is 9.53 Å². The fraction of sp³-hybridized carbons (Fsp3) is 0.556. The molecule has 0 saturated heterocycles. The normalized spacial score (nSPS) is 12.5. The molecule has 0 aliphatic heterocycles. The summed E-state index contributed by atoms with van der Waals surface area (Å²) in [5.41, 5.74) is 6.47. The van der Waals surface area contributed by atoms with Gasteiger partial charge < -0.3 is 10.5 Å². The number of nitrogens with two attached hydrogens (primary N) is 1. The summed E-state index contributed by atoms with van der Waals surface area (Å²) < 4.78 is 6.33. The number of hydrogen-bond donors (Lipinski definition) is 1. The number of aromatic nitrogens is 2. The summed E-state index contributed by atoms with van der Waals surface area (Å²) in [6.07, 6.45) is 4.17. The first kappa shape index (κ1) is 10.7. The monoisotopic (exact) mass is 197 g/mol. The minimum atomic E-state index is -0.274. The predicted molar refractivity (Wildman–Crippen MR) is 51.5 cm³/mol. The number of rotatable bonds is 4. The molecule has 1 heterocycles. The lowest BCUT2D eigenvalue weighted by Gasteiger charge is -2.10. The van der Waals surface area contributed by atoms with E-state index in [1.165, 1.54) is 7.11 Å². The van der Waals surface area contributed by atoms with Crippen LogP contribution in [0.1, 0.15) is 5.56 Å². The molecule has 0 saturated carbocycles. The molecule has 78 valence electrons. The molecule has 0 amide bonds. The summed E-state index contributed by atoms with van der Waals surface area (Å²) in [5, 5.41) is 4.01. The molecule has 0 aromatic carbocycles. The Hall–Kier alpha value is -1.36. The van der Waals surface area contributed by atoms with Crippen molar-refractivity contribution in [1.82, 2.24) is 9.78 Å². The second-order valence-corrected chi connectivity index (χ2v) is 3.18. The molecular formula is C9H15N3O2. The topological polar surface area (TPSA) is 70.1 Å². The van der Waals surface area contributed by atoms with Crippen LogP contribution < -0.4 is 5.73 Å². The molecular weight excluding hydrogens is 182 g/mol. The van der Waals surface area contributed by atoms with E-state index in [0.717, 1.165) is 5.56 Å². The highest BCUT2D eigenvalue weighted by Gasteiger charge is 2.18. The number of hydrogen-bond acceptors (Lipinski definition) is 4. The molecule has 14 heavy (non-hydrogen) atoms. The number of aryl methyl sites for hydroxylation is 1. The third-order valence-electron chi connectivity index (χ3n) is 2.06. The maximum Gasteiger partial charge on any atom is 0.310 e. The van der Waals surface area contributed by atoms with Gasteiger partial charge in [0.25, 0.3) is 0 Å². The van der Waals surface area contributed by atoms with Gasteiger partial charge in [0.1, 0.15) is 0 Å². The molecule has 1 aromatic heterocycles. The lowest BCUT2D eigenvalue weighted by Crippen LogP contribution is -2.26. The first-order chi connectivity index (χ1) is 6.67. The Morgan fingerprint density at radius 1 is 1.79 bits per heavy atom. The average molecular weight is 197 g/mol. The second kappa shape index (κ2) is 4.76. The minimum absolute atomic E-state index is 0.267. The number of ether oxygens (including phenoxy) is 1. The van der Waals surface area contributed by atoms with E-state index >= 15 is 0 Å². The standard InChI is InChI=1S/C9H15N3O2/c1-12-6-7(5-11-12)3-8(4-10)9(13)14-2/h5-6,8H,3-4,10H2,1-2H3/t8-/m0/s1. The molecule has 2 N–H and O–H groups in total. The van der Waals surface area contributed by atoms with Crippen LogP contribution in [0, 0.1) is 5.92 Å².